The molecule has 5 rings (SSSR count). The second-order valence-electron chi connectivity index (χ2n) is 9.80. The van der Waals surface area contributed by atoms with Crippen LogP contribution < -0.4 is 0 Å². The molecular formula is C26H27NO. The fraction of sp³-hybridized carbons (Fsp3) is 0.346. The normalized spacial score (nSPS) is 19.2. The summed E-state index contributed by atoms with van der Waals surface area (Å²) >= 11 is 0. The molecule has 0 N–H and O–H groups in total. The van der Waals surface area contributed by atoms with Gasteiger partial charge in [0.25, 0.3) is 0 Å². The van der Waals surface area contributed by atoms with Gasteiger partial charge in [0.1, 0.15) is 11.2 Å². The quantitative estimate of drug-likeness (QED) is 0.353. The third-order valence-electron chi connectivity index (χ3n) is 8.05. The Morgan fingerprint density at radius 3 is 2.21 bits per heavy atom. The van der Waals surface area contributed by atoms with Crippen molar-refractivity contribution in [3.8, 4) is 11.3 Å². The Morgan fingerprint density at radius 1 is 0.714 bits per heavy atom. The number of rotatable bonds is 1. The molecule has 2 aromatic heterocycles. The molecule has 0 fully saturated rings. The highest BCUT2D eigenvalue weighted by Gasteiger charge is 2.56. The topological polar surface area (TPSA) is 26.0 Å². The standard InChI is InChI=1S/C26H27NO/c1-24(2)19-12-11-16(13-20(19)25(3,4)26(24,5)6)21-14-23-18(15-27-21)17-9-7-8-10-22(17)28-23/h7-15H,1-6H3. The molecule has 0 unspecified atom stereocenters. The van der Waals surface area contributed by atoms with Crippen LogP contribution in [0.4, 0.5) is 0 Å². The Bertz CT molecular complexity index is 1240. The zero-order valence-corrected chi connectivity index (χ0v) is 17.6. The largest absolute Gasteiger partial charge is 0.456 e. The van der Waals surface area contributed by atoms with Gasteiger partial charge in [0, 0.05) is 28.6 Å². The van der Waals surface area contributed by atoms with Gasteiger partial charge < -0.3 is 4.42 Å². The second kappa shape index (κ2) is 5.26. The van der Waals surface area contributed by atoms with Crippen molar-refractivity contribution in [1.29, 1.82) is 0 Å². The molecule has 0 saturated carbocycles. The highest BCUT2D eigenvalue weighted by Crippen LogP contribution is 2.61. The lowest BCUT2D eigenvalue weighted by Gasteiger charge is -2.44. The van der Waals surface area contributed by atoms with E-state index in [-0.39, 0.29) is 16.2 Å². The maximum absolute atomic E-state index is 6.07. The fourth-order valence-electron chi connectivity index (χ4n) is 5.00. The van der Waals surface area contributed by atoms with Crippen LogP contribution in [0.3, 0.4) is 0 Å². The summed E-state index contributed by atoms with van der Waals surface area (Å²) in [4.78, 5) is 4.79. The van der Waals surface area contributed by atoms with Gasteiger partial charge in [0.05, 0.1) is 5.69 Å². The van der Waals surface area contributed by atoms with E-state index in [0.29, 0.717) is 0 Å². The maximum Gasteiger partial charge on any atom is 0.139 e. The molecule has 2 heteroatoms. The highest BCUT2D eigenvalue weighted by atomic mass is 16.3. The number of fused-ring (bicyclic) bond motifs is 4. The van der Waals surface area contributed by atoms with Crippen LogP contribution in [0.15, 0.2) is 59.1 Å². The SMILES string of the molecule is CC1(C)c2ccc(-c3cc4oc5ccccc5c4cn3)cc2C(C)(C)C1(C)C. The number of furan rings is 1. The molecule has 28 heavy (non-hydrogen) atoms. The van der Waals surface area contributed by atoms with E-state index in [1.54, 1.807) is 0 Å². The second-order valence-corrected chi connectivity index (χ2v) is 9.80. The Morgan fingerprint density at radius 2 is 1.43 bits per heavy atom. The molecule has 0 atom stereocenters. The van der Waals surface area contributed by atoms with Crippen LogP contribution in [0.25, 0.3) is 33.2 Å². The van der Waals surface area contributed by atoms with Crippen molar-refractivity contribution >= 4 is 21.9 Å². The van der Waals surface area contributed by atoms with Gasteiger partial charge >= 0.3 is 0 Å². The molecule has 0 bridgehead atoms. The van der Waals surface area contributed by atoms with Crippen LogP contribution in [0, 0.1) is 5.41 Å². The first-order valence-electron chi connectivity index (χ1n) is 10.1. The van der Waals surface area contributed by atoms with Crippen LogP contribution in [0.1, 0.15) is 52.7 Å². The minimum atomic E-state index is 0.0886. The highest BCUT2D eigenvalue weighted by molar-refractivity contribution is 6.05. The van der Waals surface area contributed by atoms with Gasteiger partial charge in [0.15, 0.2) is 0 Å². The first-order chi connectivity index (χ1) is 13.1. The molecule has 0 spiro atoms. The average molecular weight is 370 g/mol. The van der Waals surface area contributed by atoms with Gasteiger partial charge in [-0.3, -0.25) is 4.98 Å². The number of aromatic nitrogens is 1. The minimum absolute atomic E-state index is 0.0886. The minimum Gasteiger partial charge on any atom is -0.456 e. The van der Waals surface area contributed by atoms with Crippen molar-refractivity contribution in [2.75, 3.05) is 0 Å². The lowest BCUT2D eigenvalue weighted by atomic mass is 9.59. The predicted octanol–water partition coefficient (Wildman–Crippen LogP) is 7.24. The van der Waals surface area contributed by atoms with Crippen molar-refractivity contribution in [2.45, 2.75) is 52.4 Å². The first kappa shape index (κ1) is 17.5. The predicted molar refractivity (Wildman–Crippen MR) is 117 cm³/mol. The molecule has 142 valence electrons. The molecule has 2 aromatic carbocycles. The summed E-state index contributed by atoms with van der Waals surface area (Å²) < 4.78 is 6.07. The fourth-order valence-corrected chi connectivity index (χ4v) is 5.00. The van der Waals surface area contributed by atoms with Crippen LogP contribution in [-0.4, -0.2) is 4.98 Å². The summed E-state index contributed by atoms with van der Waals surface area (Å²) in [5, 5.41) is 2.19. The molecular weight excluding hydrogens is 342 g/mol. The summed E-state index contributed by atoms with van der Waals surface area (Å²) in [5.74, 6) is 0. The van der Waals surface area contributed by atoms with Crippen molar-refractivity contribution in [2.24, 2.45) is 5.41 Å². The first-order valence-corrected chi connectivity index (χ1v) is 10.1. The zero-order chi connectivity index (χ0) is 19.9. The number of hydrogen-bond donors (Lipinski definition) is 0. The van der Waals surface area contributed by atoms with Crippen LogP contribution in [0.5, 0.6) is 0 Å². The van der Waals surface area contributed by atoms with Crippen LogP contribution >= 0.6 is 0 Å². The monoisotopic (exact) mass is 369 g/mol. The van der Waals surface area contributed by atoms with E-state index in [2.05, 4.69) is 71.9 Å². The Kier molecular flexibility index (Phi) is 3.28. The third-order valence-corrected chi connectivity index (χ3v) is 8.05. The molecule has 1 aliphatic carbocycles. The smallest absolute Gasteiger partial charge is 0.139 e. The molecule has 2 nitrogen and oxygen atoms in total. The number of pyridine rings is 1. The van der Waals surface area contributed by atoms with E-state index >= 15 is 0 Å². The third kappa shape index (κ3) is 2.01. The summed E-state index contributed by atoms with van der Waals surface area (Å²) in [6, 6.07) is 17.1. The van der Waals surface area contributed by atoms with E-state index in [0.717, 1.165) is 33.2 Å². The summed E-state index contributed by atoms with van der Waals surface area (Å²) in [7, 11) is 0. The van der Waals surface area contributed by atoms with Gasteiger partial charge in [-0.25, -0.2) is 0 Å². The lowest BCUT2D eigenvalue weighted by Crippen LogP contribution is -2.42. The molecule has 4 aromatic rings. The van der Waals surface area contributed by atoms with Gasteiger partial charge in [-0.1, -0.05) is 71.9 Å². The van der Waals surface area contributed by atoms with E-state index in [1.165, 1.54) is 11.1 Å². The molecule has 2 heterocycles. The summed E-state index contributed by atoms with van der Waals surface area (Å²) in [5.41, 5.74) is 7.20. The number of benzene rings is 2. The van der Waals surface area contributed by atoms with Crippen molar-refractivity contribution < 1.29 is 4.42 Å². The Hall–Kier alpha value is -2.61. The van der Waals surface area contributed by atoms with Crippen molar-refractivity contribution in [3.63, 3.8) is 0 Å². The number of hydrogen-bond acceptors (Lipinski definition) is 2. The molecule has 0 saturated heterocycles. The van der Waals surface area contributed by atoms with E-state index in [9.17, 15) is 0 Å². The molecule has 0 aliphatic heterocycles. The lowest BCUT2D eigenvalue weighted by molar-refractivity contribution is 0.125. The summed E-state index contributed by atoms with van der Waals surface area (Å²) in [6.45, 7) is 14.3. The van der Waals surface area contributed by atoms with Gasteiger partial charge in [-0.15, -0.1) is 0 Å². The Labute approximate surface area is 166 Å². The molecule has 0 amide bonds. The zero-order valence-electron chi connectivity index (χ0n) is 17.6. The van der Waals surface area contributed by atoms with Crippen LogP contribution in [0.2, 0.25) is 0 Å². The van der Waals surface area contributed by atoms with E-state index < -0.39 is 0 Å². The van der Waals surface area contributed by atoms with Gasteiger partial charge in [0.2, 0.25) is 0 Å². The van der Waals surface area contributed by atoms with Crippen molar-refractivity contribution in [3.05, 3.63) is 65.9 Å². The van der Waals surface area contributed by atoms with E-state index in [4.69, 9.17) is 9.40 Å². The number of nitrogens with zero attached hydrogens (tertiary/aromatic N) is 1. The van der Waals surface area contributed by atoms with Crippen LogP contribution in [-0.2, 0) is 10.8 Å². The van der Waals surface area contributed by atoms with Gasteiger partial charge in [-0.2, -0.15) is 0 Å². The Balaban J connectivity index is 1.69. The molecule has 1 aliphatic rings. The average Bonchev–Trinajstić information content (AvgIpc) is 3.08. The van der Waals surface area contributed by atoms with Gasteiger partial charge in [-0.05, 0) is 39.5 Å². The van der Waals surface area contributed by atoms with Crippen molar-refractivity contribution in [1.82, 2.24) is 4.98 Å². The maximum atomic E-state index is 6.07. The van der Waals surface area contributed by atoms with E-state index in [1.807, 2.05) is 24.4 Å². The number of para-hydroxylation sites is 1. The summed E-state index contributed by atoms with van der Waals surface area (Å²) in [6.07, 6.45) is 1.95. The molecule has 0 radical (unpaired) electrons.